The lowest BCUT2D eigenvalue weighted by Crippen LogP contribution is -2.62. The van der Waals surface area contributed by atoms with Gasteiger partial charge in [0.05, 0.1) is 42.0 Å². The van der Waals surface area contributed by atoms with Crippen molar-refractivity contribution in [3.63, 3.8) is 0 Å². The van der Waals surface area contributed by atoms with E-state index in [9.17, 15) is 24.0 Å². The van der Waals surface area contributed by atoms with Gasteiger partial charge in [-0.15, -0.1) is 6.42 Å². The van der Waals surface area contributed by atoms with E-state index in [0.717, 1.165) is 4.57 Å². The van der Waals surface area contributed by atoms with Gasteiger partial charge in [-0.05, 0) is 93.5 Å². The Morgan fingerprint density at radius 2 is 1.62 bits per heavy atom. The summed E-state index contributed by atoms with van der Waals surface area (Å²) in [5.41, 5.74) is -3.97. The Morgan fingerprint density at radius 3 is 2.18 bits per heavy atom. The fourth-order valence-corrected chi connectivity index (χ4v) is 9.79. The van der Waals surface area contributed by atoms with Gasteiger partial charge in [0, 0.05) is 51.6 Å². The number of nitrogens with zero attached hydrogens (tertiary/aromatic N) is 3. The number of Topliss-reactive ketones (excluding diaryl/α,β-unsaturated/α-hetero) is 1. The largest absolute Gasteiger partial charge is 0.457 e. The number of hydrogen-bond donors (Lipinski definition) is 0. The molecule has 4 heterocycles. The van der Waals surface area contributed by atoms with Crippen LogP contribution < -0.4 is 0 Å². The van der Waals surface area contributed by atoms with E-state index in [4.69, 9.17) is 53.8 Å². The molecule has 370 valence electrons. The molecule has 0 amide bonds. The Hall–Kier alpha value is -4.22. The first-order valence-corrected chi connectivity index (χ1v) is 22.7. The maximum absolute atomic E-state index is 14.9. The van der Waals surface area contributed by atoms with E-state index in [1.165, 1.54) is 45.8 Å². The standard InChI is InChI=1S/C48H73N3O15/c1-17-21-58-48(13)24-28(4)38(54)27(3)23-46(11,66-45(56)51-20-19-49-26-51)36(18-2)63-43(55)31(7)39(64-37-25-47(12,57-16)42(32(8)60-37)62-34(10)53)30(6)41(48)65-44-40(61-33(9)52)35(50(14)15)22-29(5)59-44/h1,19-20,23,26,28-32,35-37,39-42,44H,18,21-22,24-25H2,2-16H3/b27-23+/t28-,29-,30+,31-,32+,35+,36-,37+,39+,40-,41-,42+,44+,46+,47-,48+/m1/s1. The molecule has 4 rings (SSSR count). The highest BCUT2D eigenvalue weighted by molar-refractivity contribution is 5.96. The molecule has 66 heavy (non-hydrogen) atoms. The summed E-state index contributed by atoms with van der Waals surface area (Å²) >= 11 is 0. The van der Waals surface area contributed by atoms with Crippen LogP contribution in [0.2, 0.25) is 0 Å². The monoisotopic (exact) mass is 932 g/mol. The van der Waals surface area contributed by atoms with E-state index in [1.807, 2.05) is 32.8 Å². The number of hydrogen-bond acceptors (Lipinski definition) is 17. The maximum Gasteiger partial charge on any atom is 0.420 e. The Morgan fingerprint density at radius 1 is 0.955 bits per heavy atom. The average molecular weight is 932 g/mol. The highest BCUT2D eigenvalue weighted by Crippen LogP contribution is 2.42. The number of terminal acetylenes is 1. The summed E-state index contributed by atoms with van der Waals surface area (Å²) < 4.78 is 64.8. The molecule has 0 aliphatic carbocycles. The molecule has 0 radical (unpaired) electrons. The van der Waals surface area contributed by atoms with Crippen molar-refractivity contribution in [3.05, 3.63) is 30.4 Å². The van der Waals surface area contributed by atoms with Crippen LogP contribution in [0.1, 0.15) is 109 Å². The predicted octanol–water partition coefficient (Wildman–Crippen LogP) is 5.42. The fourth-order valence-electron chi connectivity index (χ4n) is 9.79. The van der Waals surface area contributed by atoms with Gasteiger partial charge in [0.15, 0.2) is 36.2 Å². The molecule has 3 aliphatic rings. The van der Waals surface area contributed by atoms with Crippen LogP contribution in [0.3, 0.4) is 0 Å². The van der Waals surface area contributed by atoms with Crippen LogP contribution in [0.4, 0.5) is 4.79 Å². The fraction of sp³-hybridized carbons (Fsp3) is 0.750. The Balaban J connectivity index is 1.97. The van der Waals surface area contributed by atoms with E-state index in [1.54, 1.807) is 55.4 Å². The van der Waals surface area contributed by atoms with Gasteiger partial charge in [0.25, 0.3) is 0 Å². The highest BCUT2D eigenvalue weighted by atomic mass is 16.7. The summed E-state index contributed by atoms with van der Waals surface area (Å²) in [6.45, 7) is 19.8. The summed E-state index contributed by atoms with van der Waals surface area (Å²) in [6, 6.07) is -0.333. The zero-order valence-electron chi connectivity index (χ0n) is 41.4. The summed E-state index contributed by atoms with van der Waals surface area (Å²) in [7, 11) is 5.25. The van der Waals surface area contributed by atoms with Gasteiger partial charge >= 0.3 is 24.0 Å². The number of rotatable bonds is 12. The number of carbonyl (C=O) groups is 5. The number of ketones is 1. The van der Waals surface area contributed by atoms with Gasteiger partial charge in [-0.2, -0.15) is 0 Å². The SMILES string of the molecule is C#CCO[C@@]1(C)C[C@@H](C)C(=O)/C(C)=C/[C@](C)(OC(=O)n2ccnc2)[C@@H](CC)OC(=O)[C@H](C)[C@@H](O[C@H]2C[C@@](C)(OC)[C@@H](OC(C)=O)[C@H](C)O2)[C@H](C)[C@H]1O[C@@H]1O[C@H](C)C[C@H](N(C)C)[C@H]1OC(C)=O. The third-order valence-corrected chi connectivity index (χ3v) is 13.2. The molecule has 0 unspecified atom stereocenters. The van der Waals surface area contributed by atoms with E-state index < -0.39 is 108 Å². The number of aromatic nitrogens is 2. The lowest BCUT2D eigenvalue weighted by atomic mass is 9.76. The first-order chi connectivity index (χ1) is 30.8. The lowest BCUT2D eigenvalue weighted by Gasteiger charge is -2.50. The van der Waals surface area contributed by atoms with Crippen LogP contribution >= 0.6 is 0 Å². The molecular weight excluding hydrogens is 859 g/mol. The normalized spacial score (nSPS) is 39.1. The van der Waals surface area contributed by atoms with Gasteiger partial charge in [0.2, 0.25) is 0 Å². The summed E-state index contributed by atoms with van der Waals surface area (Å²) in [4.78, 5) is 73.9. The van der Waals surface area contributed by atoms with Gasteiger partial charge < -0.3 is 52.3 Å². The topological polar surface area (TPSA) is 199 Å². The quantitative estimate of drug-likeness (QED) is 0.146. The molecule has 18 heteroatoms. The Labute approximate surface area is 389 Å². The van der Waals surface area contributed by atoms with Crippen molar-refractivity contribution in [3.8, 4) is 12.3 Å². The van der Waals surface area contributed by atoms with Crippen LogP contribution in [-0.4, -0.2) is 150 Å². The minimum absolute atomic E-state index is 0.0163. The van der Waals surface area contributed by atoms with E-state index in [0.29, 0.717) is 6.42 Å². The molecule has 1 aromatic rings. The summed E-state index contributed by atoms with van der Waals surface area (Å²) in [5, 5.41) is 0. The average Bonchev–Trinajstić information content (AvgIpc) is 3.79. The van der Waals surface area contributed by atoms with E-state index in [2.05, 4.69) is 10.9 Å². The molecule has 3 aliphatic heterocycles. The van der Waals surface area contributed by atoms with Crippen molar-refractivity contribution in [1.82, 2.24) is 14.5 Å². The minimum Gasteiger partial charge on any atom is -0.457 e. The second-order valence-corrected chi connectivity index (χ2v) is 18.9. The molecule has 0 N–H and O–H groups in total. The van der Waals surface area contributed by atoms with Crippen LogP contribution in [0.5, 0.6) is 0 Å². The van der Waals surface area contributed by atoms with Crippen molar-refractivity contribution >= 4 is 29.8 Å². The molecular formula is C48H73N3O15. The molecule has 18 nitrogen and oxygen atoms in total. The highest BCUT2D eigenvalue weighted by Gasteiger charge is 2.54. The van der Waals surface area contributed by atoms with Gasteiger partial charge in [0.1, 0.15) is 24.6 Å². The van der Waals surface area contributed by atoms with Crippen LogP contribution in [0, 0.1) is 30.1 Å². The number of methoxy groups -OCH3 is 1. The van der Waals surface area contributed by atoms with Crippen molar-refractivity contribution in [2.45, 2.75) is 187 Å². The Kier molecular flexibility index (Phi) is 18.7. The summed E-state index contributed by atoms with van der Waals surface area (Å²) in [5.74, 6) is -2.31. The number of likely N-dealkylation sites (N-methyl/N-ethyl adjacent to an activating group) is 1. The third-order valence-electron chi connectivity index (χ3n) is 13.2. The van der Waals surface area contributed by atoms with Crippen LogP contribution in [0.15, 0.2) is 30.4 Å². The number of carbonyl (C=O) groups excluding carboxylic acids is 5. The number of allylic oxidation sites excluding steroid dienone is 1. The van der Waals surface area contributed by atoms with Gasteiger partial charge in [-0.3, -0.25) is 19.2 Å². The lowest BCUT2D eigenvalue weighted by molar-refractivity contribution is -0.321. The first kappa shape index (κ1) is 54.4. The molecule has 0 spiro atoms. The summed E-state index contributed by atoms with van der Waals surface area (Å²) in [6.07, 6.45) is 3.01. The van der Waals surface area contributed by atoms with Crippen molar-refractivity contribution in [1.29, 1.82) is 0 Å². The van der Waals surface area contributed by atoms with Gasteiger partial charge in [-0.25, -0.2) is 14.3 Å². The van der Waals surface area contributed by atoms with Crippen molar-refractivity contribution in [2.75, 3.05) is 27.8 Å². The van der Waals surface area contributed by atoms with Crippen molar-refractivity contribution in [2.24, 2.45) is 17.8 Å². The molecule has 0 saturated carbocycles. The molecule has 1 aromatic heterocycles. The van der Waals surface area contributed by atoms with Crippen LogP contribution in [-0.2, 0) is 66.5 Å². The Bertz CT molecular complexity index is 1920. The minimum atomic E-state index is -1.66. The molecule has 2 saturated heterocycles. The number of ether oxygens (including phenoxy) is 10. The van der Waals surface area contributed by atoms with Crippen molar-refractivity contribution < 1.29 is 71.3 Å². The first-order valence-electron chi connectivity index (χ1n) is 22.7. The van der Waals surface area contributed by atoms with Gasteiger partial charge in [-0.1, -0.05) is 26.7 Å². The van der Waals surface area contributed by atoms with Crippen LogP contribution in [0.25, 0.3) is 0 Å². The maximum atomic E-state index is 14.9. The molecule has 2 fully saturated rings. The second-order valence-electron chi connectivity index (χ2n) is 18.9. The molecule has 0 bridgehead atoms. The second kappa shape index (κ2) is 22.7. The smallest absolute Gasteiger partial charge is 0.420 e. The zero-order valence-corrected chi connectivity index (χ0v) is 41.4. The molecule has 0 aromatic carbocycles. The number of imidazole rings is 1. The zero-order chi connectivity index (χ0) is 49.5. The predicted molar refractivity (Wildman–Crippen MR) is 238 cm³/mol. The third kappa shape index (κ3) is 12.9. The molecule has 16 atom stereocenters. The number of cyclic esters (lactones) is 1. The van der Waals surface area contributed by atoms with E-state index >= 15 is 0 Å². The van der Waals surface area contributed by atoms with E-state index in [-0.39, 0.29) is 49.4 Å². The number of esters is 3.